The van der Waals surface area contributed by atoms with E-state index in [1.807, 2.05) is 13.0 Å². The molecule has 0 aliphatic rings. The van der Waals surface area contributed by atoms with Gasteiger partial charge < -0.3 is 9.84 Å². The van der Waals surface area contributed by atoms with Crippen molar-refractivity contribution in [2.24, 2.45) is 11.8 Å². The summed E-state index contributed by atoms with van der Waals surface area (Å²) in [7, 11) is 0. The van der Waals surface area contributed by atoms with Gasteiger partial charge >= 0.3 is 5.97 Å². The molecule has 3 heteroatoms. The molecule has 3 nitrogen and oxygen atoms in total. The molecule has 0 bridgehead atoms. The van der Waals surface area contributed by atoms with E-state index in [0.29, 0.717) is 18.3 Å². The number of carboxylic acid groups (broad SMARTS) is 1. The summed E-state index contributed by atoms with van der Waals surface area (Å²) < 4.78 is 5.75. The second kappa shape index (κ2) is 8.71. The first-order valence-electron chi connectivity index (χ1n) is 7.87. The van der Waals surface area contributed by atoms with Crippen LogP contribution in [0.25, 0.3) is 0 Å². The topological polar surface area (TPSA) is 46.5 Å². The van der Waals surface area contributed by atoms with E-state index < -0.39 is 5.97 Å². The number of carbonyl (C=O) groups is 1. The number of para-hydroxylation sites is 1. The van der Waals surface area contributed by atoms with Crippen molar-refractivity contribution in [3.8, 4) is 5.75 Å². The standard InChI is InChI=1S/C18H28O3/c1-13(2)7-5-8-14(3)11-12-21-17-15(4)9-6-10-16(17)18(19)20/h6,9-10,13-14H,5,7-8,11-12H2,1-4H3,(H,19,20). The Balaban J connectivity index is 2.44. The van der Waals surface area contributed by atoms with Crippen molar-refractivity contribution in [3.05, 3.63) is 29.3 Å². The fourth-order valence-corrected chi connectivity index (χ4v) is 2.39. The predicted octanol–water partition coefficient (Wildman–Crippen LogP) is 4.92. The smallest absolute Gasteiger partial charge is 0.339 e. The Morgan fingerprint density at radius 3 is 2.52 bits per heavy atom. The average molecular weight is 292 g/mol. The van der Waals surface area contributed by atoms with Crippen LogP contribution in [0.3, 0.4) is 0 Å². The van der Waals surface area contributed by atoms with Gasteiger partial charge in [0.2, 0.25) is 0 Å². The van der Waals surface area contributed by atoms with Crippen LogP contribution in [-0.4, -0.2) is 17.7 Å². The van der Waals surface area contributed by atoms with Crippen LogP contribution in [0.2, 0.25) is 0 Å². The van der Waals surface area contributed by atoms with Crippen LogP contribution in [0.1, 0.15) is 62.4 Å². The molecule has 0 saturated carbocycles. The molecule has 0 aliphatic heterocycles. The molecule has 0 aliphatic carbocycles. The maximum Gasteiger partial charge on any atom is 0.339 e. The number of hydrogen-bond donors (Lipinski definition) is 1. The SMILES string of the molecule is Cc1cccc(C(=O)O)c1OCCC(C)CCCC(C)C. The average Bonchev–Trinajstić information content (AvgIpc) is 2.39. The Hall–Kier alpha value is -1.51. The number of benzene rings is 1. The minimum Gasteiger partial charge on any atom is -0.492 e. The van der Waals surface area contributed by atoms with Crippen LogP contribution >= 0.6 is 0 Å². The van der Waals surface area contributed by atoms with E-state index in [2.05, 4.69) is 20.8 Å². The molecule has 1 aromatic carbocycles. The number of carboxylic acids is 1. The highest BCUT2D eigenvalue weighted by molar-refractivity contribution is 5.91. The van der Waals surface area contributed by atoms with E-state index in [-0.39, 0.29) is 5.56 Å². The van der Waals surface area contributed by atoms with E-state index in [1.165, 1.54) is 19.3 Å². The lowest BCUT2D eigenvalue weighted by molar-refractivity contribution is 0.0691. The Labute approximate surface area is 128 Å². The third kappa shape index (κ3) is 6.19. The Morgan fingerprint density at radius 2 is 1.90 bits per heavy atom. The number of aromatic carboxylic acids is 1. The summed E-state index contributed by atoms with van der Waals surface area (Å²) in [4.78, 5) is 11.2. The summed E-state index contributed by atoms with van der Waals surface area (Å²) in [5.41, 5.74) is 1.13. The molecule has 1 atom stereocenters. The first-order valence-corrected chi connectivity index (χ1v) is 7.87. The van der Waals surface area contributed by atoms with Crippen molar-refractivity contribution < 1.29 is 14.6 Å². The zero-order valence-corrected chi connectivity index (χ0v) is 13.7. The monoisotopic (exact) mass is 292 g/mol. The van der Waals surface area contributed by atoms with Crippen LogP contribution in [-0.2, 0) is 0 Å². The molecule has 0 aromatic heterocycles. The minimum atomic E-state index is -0.932. The molecule has 0 amide bonds. The van der Waals surface area contributed by atoms with Crippen LogP contribution in [0, 0.1) is 18.8 Å². The van der Waals surface area contributed by atoms with E-state index in [4.69, 9.17) is 4.74 Å². The largest absolute Gasteiger partial charge is 0.492 e. The van der Waals surface area contributed by atoms with Gasteiger partial charge in [0.1, 0.15) is 11.3 Å². The van der Waals surface area contributed by atoms with Gasteiger partial charge in [0.25, 0.3) is 0 Å². The lowest BCUT2D eigenvalue weighted by Gasteiger charge is -2.15. The van der Waals surface area contributed by atoms with Gasteiger partial charge in [-0.1, -0.05) is 52.2 Å². The molecule has 0 saturated heterocycles. The van der Waals surface area contributed by atoms with Crippen molar-refractivity contribution >= 4 is 5.97 Å². The maximum atomic E-state index is 11.2. The van der Waals surface area contributed by atoms with Crippen molar-refractivity contribution in [1.29, 1.82) is 0 Å². The van der Waals surface area contributed by atoms with E-state index in [1.54, 1.807) is 12.1 Å². The van der Waals surface area contributed by atoms with Crippen molar-refractivity contribution in [2.45, 2.75) is 53.4 Å². The number of rotatable bonds is 9. The van der Waals surface area contributed by atoms with Gasteiger partial charge in [-0.3, -0.25) is 0 Å². The van der Waals surface area contributed by atoms with Gasteiger partial charge in [0, 0.05) is 0 Å². The van der Waals surface area contributed by atoms with Gasteiger partial charge in [-0.25, -0.2) is 4.79 Å². The molecule has 0 heterocycles. The van der Waals surface area contributed by atoms with E-state index >= 15 is 0 Å². The molecule has 1 aromatic rings. The number of ether oxygens (including phenoxy) is 1. The Kier molecular flexibility index (Phi) is 7.27. The lowest BCUT2D eigenvalue weighted by Crippen LogP contribution is -2.09. The second-order valence-corrected chi connectivity index (χ2v) is 6.32. The molecule has 1 rings (SSSR count). The fraction of sp³-hybridized carbons (Fsp3) is 0.611. The minimum absolute atomic E-state index is 0.252. The highest BCUT2D eigenvalue weighted by Gasteiger charge is 2.13. The molecule has 0 spiro atoms. The molecular formula is C18H28O3. The summed E-state index contributed by atoms with van der Waals surface area (Å²) in [5.74, 6) is 0.956. The lowest BCUT2D eigenvalue weighted by atomic mass is 9.98. The van der Waals surface area contributed by atoms with E-state index in [9.17, 15) is 9.90 Å². The number of hydrogen-bond acceptors (Lipinski definition) is 2. The fourth-order valence-electron chi connectivity index (χ4n) is 2.39. The van der Waals surface area contributed by atoms with Gasteiger partial charge in [0.15, 0.2) is 0 Å². The third-order valence-corrected chi connectivity index (χ3v) is 3.78. The van der Waals surface area contributed by atoms with Crippen LogP contribution in [0.15, 0.2) is 18.2 Å². The zero-order valence-electron chi connectivity index (χ0n) is 13.7. The highest BCUT2D eigenvalue weighted by Crippen LogP contribution is 2.24. The van der Waals surface area contributed by atoms with Gasteiger partial charge in [-0.2, -0.15) is 0 Å². The first-order chi connectivity index (χ1) is 9.91. The predicted molar refractivity (Wildman–Crippen MR) is 86.1 cm³/mol. The van der Waals surface area contributed by atoms with Crippen LogP contribution < -0.4 is 4.74 Å². The molecule has 0 radical (unpaired) electrons. The molecule has 0 fully saturated rings. The van der Waals surface area contributed by atoms with Crippen molar-refractivity contribution in [1.82, 2.24) is 0 Å². The second-order valence-electron chi connectivity index (χ2n) is 6.32. The van der Waals surface area contributed by atoms with Gasteiger partial charge in [-0.05, 0) is 36.8 Å². The zero-order chi connectivity index (χ0) is 15.8. The quantitative estimate of drug-likeness (QED) is 0.702. The maximum absolute atomic E-state index is 11.2. The Morgan fingerprint density at radius 1 is 1.19 bits per heavy atom. The van der Waals surface area contributed by atoms with Gasteiger partial charge in [0.05, 0.1) is 6.61 Å². The van der Waals surface area contributed by atoms with E-state index in [0.717, 1.165) is 17.9 Å². The molecular weight excluding hydrogens is 264 g/mol. The van der Waals surface area contributed by atoms with Crippen LogP contribution in [0.4, 0.5) is 0 Å². The summed E-state index contributed by atoms with van der Waals surface area (Å²) in [6.45, 7) is 9.19. The van der Waals surface area contributed by atoms with Gasteiger partial charge in [-0.15, -0.1) is 0 Å². The molecule has 1 unspecified atom stereocenters. The molecule has 1 N–H and O–H groups in total. The first kappa shape index (κ1) is 17.5. The molecule has 21 heavy (non-hydrogen) atoms. The van der Waals surface area contributed by atoms with Crippen LogP contribution in [0.5, 0.6) is 5.75 Å². The summed E-state index contributed by atoms with van der Waals surface area (Å²) >= 11 is 0. The highest BCUT2D eigenvalue weighted by atomic mass is 16.5. The van der Waals surface area contributed by atoms with Crippen molar-refractivity contribution in [2.75, 3.05) is 6.61 Å². The van der Waals surface area contributed by atoms with Crippen molar-refractivity contribution in [3.63, 3.8) is 0 Å². The number of aryl methyl sites for hydroxylation is 1. The Bertz CT molecular complexity index is 452. The molecule has 118 valence electrons. The summed E-state index contributed by atoms with van der Waals surface area (Å²) in [6.07, 6.45) is 4.70. The normalized spacial score (nSPS) is 12.4. The summed E-state index contributed by atoms with van der Waals surface area (Å²) in [5, 5.41) is 9.19. The third-order valence-electron chi connectivity index (χ3n) is 3.78. The summed E-state index contributed by atoms with van der Waals surface area (Å²) in [6, 6.07) is 5.23.